The van der Waals surface area contributed by atoms with E-state index in [9.17, 15) is 9.59 Å². The molecule has 0 aliphatic heterocycles. The smallest absolute Gasteiger partial charge is 0.247 e. The van der Waals surface area contributed by atoms with E-state index in [4.69, 9.17) is 5.26 Å². The minimum absolute atomic E-state index is 0.0294. The number of rotatable bonds is 15. The lowest BCUT2D eigenvalue weighted by molar-refractivity contribution is -0.132. The fourth-order valence-corrected chi connectivity index (χ4v) is 3.95. The molecule has 3 aromatic rings. The van der Waals surface area contributed by atoms with E-state index < -0.39 is 0 Å². The molecule has 1 aromatic heterocycles. The Morgan fingerprint density at radius 1 is 1.05 bits per heavy atom. The number of aromatic nitrogens is 2. The van der Waals surface area contributed by atoms with Crippen LogP contribution in [0.25, 0.3) is 0 Å². The molecule has 0 spiro atoms. The molecule has 228 valence electrons. The molecule has 0 atom stereocenters. The molecule has 0 unspecified atom stereocenters. The number of carbonyl (C=O) groups is 2. The van der Waals surface area contributed by atoms with Gasteiger partial charge >= 0.3 is 0 Å². The van der Waals surface area contributed by atoms with Crippen molar-refractivity contribution in [2.75, 3.05) is 50.9 Å². The maximum absolute atomic E-state index is 12.8. The number of benzene rings is 2. The average Bonchev–Trinajstić information content (AvgIpc) is 3.02. The lowest BCUT2D eigenvalue weighted by atomic mass is 10.2. The summed E-state index contributed by atoms with van der Waals surface area (Å²) in [6, 6.07) is 18.8. The predicted octanol–water partition coefficient (Wildman–Crippen LogP) is 4.31. The largest absolute Gasteiger partial charge is 0.369 e. The predicted molar refractivity (Wildman–Crippen MR) is 174 cm³/mol. The summed E-state index contributed by atoms with van der Waals surface area (Å²) in [6.45, 7) is 4.22. The summed E-state index contributed by atoms with van der Waals surface area (Å²) in [5, 5.41) is 18.4. The van der Waals surface area contributed by atoms with Crippen molar-refractivity contribution < 1.29 is 9.59 Å². The molecule has 1 heterocycles. The van der Waals surface area contributed by atoms with E-state index >= 15 is 0 Å². The molecule has 0 bridgehead atoms. The first-order valence-corrected chi connectivity index (χ1v) is 14.7. The first kappa shape index (κ1) is 33.3. The molecule has 10 heteroatoms. The number of nitriles is 1. The zero-order valence-electron chi connectivity index (χ0n) is 25.6. The van der Waals surface area contributed by atoms with E-state index in [0.29, 0.717) is 55.4 Å². The monoisotopic (exact) mass is 592 g/mol. The van der Waals surface area contributed by atoms with Crippen LogP contribution in [0.4, 0.5) is 17.5 Å². The molecule has 3 N–H and O–H groups in total. The highest BCUT2D eigenvalue weighted by Crippen LogP contribution is 2.18. The van der Waals surface area contributed by atoms with E-state index in [1.165, 1.54) is 6.08 Å². The van der Waals surface area contributed by atoms with Gasteiger partial charge in [0.25, 0.3) is 0 Å². The minimum Gasteiger partial charge on any atom is -0.369 e. The Morgan fingerprint density at radius 2 is 1.82 bits per heavy atom. The number of anilines is 3. The summed E-state index contributed by atoms with van der Waals surface area (Å²) in [5.41, 5.74) is 3.00. The Balaban J connectivity index is 1.53. The average molecular weight is 593 g/mol. The summed E-state index contributed by atoms with van der Waals surface area (Å²) in [5.74, 6) is 6.94. The quantitative estimate of drug-likeness (QED) is 0.135. The van der Waals surface area contributed by atoms with Crippen molar-refractivity contribution in [3.63, 3.8) is 0 Å². The minimum atomic E-state index is -0.215. The van der Waals surface area contributed by atoms with Crippen molar-refractivity contribution in [1.82, 2.24) is 25.1 Å². The Hall–Kier alpha value is -5.19. The van der Waals surface area contributed by atoms with Crippen LogP contribution in [0.5, 0.6) is 0 Å². The van der Waals surface area contributed by atoms with Crippen LogP contribution < -0.4 is 16.0 Å². The second kappa shape index (κ2) is 18.4. The first-order valence-electron chi connectivity index (χ1n) is 14.7. The van der Waals surface area contributed by atoms with Gasteiger partial charge in [0.15, 0.2) is 0 Å². The van der Waals surface area contributed by atoms with Crippen LogP contribution in [0.15, 0.2) is 72.9 Å². The normalized spacial score (nSPS) is 10.5. The van der Waals surface area contributed by atoms with Crippen LogP contribution in [0.2, 0.25) is 0 Å². The van der Waals surface area contributed by atoms with Gasteiger partial charge in [0.2, 0.25) is 17.8 Å². The molecule has 3 rings (SSSR count). The molecular formula is C34H40N8O2. The van der Waals surface area contributed by atoms with Gasteiger partial charge in [-0.15, -0.1) is 0 Å². The van der Waals surface area contributed by atoms with Gasteiger partial charge in [-0.05, 0) is 56.8 Å². The van der Waals surface area contributed by atoms with Gasteiger partial charge in [0.1, 0.15) is 12.4 Å². The number of carbonyl (C=O) groups excluding carboxylic acids is 2. The van der Waals surface area contributed by atoms with Gasteiger partial charge in [0.05, 0.1) is 23.4 Å². The van der Waals surface area contributed by atoms with Crippen molar-refractivity contribution in [1.29, 1.82) is 5.26 Å². The number of likely N-dealkylation sites (N-methyl/N-ethyl adjacent to an activating group) is 1. The van der Waals surface area contributed by atoms with Crippen LogP contribution in [-0.4, -0.2) is 71.9 Å². The highest BCUT2D eigenvalue weighted by Gasteiger charge is 2.15. The highest BCUT2D eigenvalue weighted by molar-refractivity contribution is 5.91. The Labute approximate surface area is 260 Å². The lowest BCUT2D eigenvalue weighted by Gasteiger charge is -2.21. The third-order valence-corrected chi connectivity index (χ3v) is 6.22. The van der Waals surface area contributed by atoms with Crippen molar-refractivity contribution in [3.05, 3.63) is 89.6 Å². The molecule has 0 saturated heterocycles. The number of unbranched alkanes of at least 4 members (excludes halogenated alkanes) is 1. The lowest BCUT2D eigenvalue weighted by Crippen LogP contribution is -2.40. The molecule has 0 aliphatic rings. The second-order valence-corrected chi connectivity index (χ2v) is 10.3. The summed E-state index contributed by atoms with van der Waals surface area (Å²) < 4.78 is 0. The van der Waals surface area contributed by atoms with E-state index in [1.54, 1.807) is 41.4 Å². The van der Waals surface area contributed by atoms with Crippen LogP contribution in [-0.2, 0) is 16.1 Å². The topological polar surface area (TPSA) is 126 Å². The zero-order chi connectivity index (χ0) is 31.6. The summed E-state index contributed by atoms with van der Waals surface area (Å²) >= 11 is 0. The van der Waals surface area contributed by atoms with E-state index in [1.807, 2.05) is 49.3 Å². The molecule has 0 aliphatic carbocycles. The molecule has 0 saturated carbocycles. The third-order valence-electron chi connectivity index (χ3n) is 6.22. The van der Waals surface area contributed by atoms with Crippen LogP contribution in [0.1, 0.15) is 42.9 Å². The SMILES string of the molecule is CCCNc1nc(Nc2ccc(C#N)cc2)ncc1C#CCCCNC(=O)CN(Cc1ccccc1)C(=O)/C=C/CN(C)C. The van der Waals surface area contributed by atoms with Gasteiger partial charge in [-0.25, -0.2) is 4.98 Å². The Kier molecular flexibility index (Phi) is 13.9. The van der Waals surface area contributed by atoms with Gasteiger partial charge in [-0.1, -0.05) is 55.2 Å². The van der Waals surface area contributed by atoms with Crippen molar-refractivity contribution in [2.45, 2.75) is 32.7 Å². The number of nitrogens with one attached hydrogen (secondary N) is 3. The van der Waals surface area contributed by atoms with Gasteiger partial charge in [-0.2, -0.15) is 10.2 Å². The fraction of sp³-hybridized carbons (Fsp3) is 0.324. The molecular weight excluding hydrogens is 552 g/mol. The van der Waals surface area contributed by atoms with E-state index in [0.717, 1.165) is 24.2 Å². The Bertz CT molecular complexity index is 1490. The molecule has 44 heavy (non-hydrogen) atoms. The van der Waals surface area contributed by atoms with E-state index in [2.05, 4.69) is 50.8 Å². The van der Waals surface area contributed by atoms with Crippen LogP contribution >= 0.6 is 0 Å². The van der Waals surface area contributed by atoms with Crippen molar-refractivity contribution in [2.24, 2.45) is 0 Å². The van der Waals surface area contributed by atoms with Gasteiger partial charge < -0.3 is 25.8 Å². The summed E-state index contributed by atoms with van der Waals surface area (Å²) in [7, 11) is 3.86. The third kappa shape index (κ3) is 12.0. The first-order chi connectivity index (χ1) is 21.4. The maximum atomic E-state index is 12.8. The zero-order valence-corrected chi connectivity index (χ0v) is 25.6. The summed E-state index contributed by atoms with van der Waals surface area (Å²) in [6.07, 6.45) is 7.15. The molecule has 0 fully saturated rings. The molecule has 0 radical (unpaired) electrons. The van der Waals surface area contributed by atoms with Crippen molar-refractivity contribution >= 4 is 29.3 Å². The number of amides is 2. The molecule has 2 aromatic carbocycles. The van der Waals surface area contributed by atoms with Crippen LogP contribution in [0, 0.1) is 23.2 Å². The second-order valence-electron chi connectivity index (χ2n) is 10.3. The standard InChI is InChI=1S/C34H40N8O2/c1-4-20-37-33-29(24-38-34(40-33)39-30-18-16-27(23-35)17-19-30)14-9-6-10-21-36-31(43)26-42(25-28-12-7-5-8-13-28)32(44)15-11-22-41(2)3/h5,7-8,11-13,15-19,24H,4,6,10,20-22,25-26H2,1-3H3,(H,36,43)(H2,37,38,39,40)/b15-11+. The Morgan fingerprint density at radius 3 is 2.52 bits per heavy atom. The van der Waals surface area contributed by atoms with Gasteiger partial charge in [0, 0.05) is 44.4 Å². The van der Waals surface area contributed by atoms with Crippen molar-refractivity contribution in [3.8, 4) is 17.9 Å². The maximum Gasteiger partial charge on any atom is 0.247 e. The molecule has 10 nitrogen and oxygen atoms in total. The fourth-order valence-electron chi connectivity index (χ4n) is 3.95. The van der Waals surface area contributed by atoms with Gasteiger partial charge in [-0.3, -0.25) is 9.59 Å². The number of hydrogen-bond acceptors (Lipinski definition) is 8. The highest BCUT2D eigenvalue weighted by atomic mass is 16.2. The van der Waals surface area contributed by atoms with E-state index in [-0.39, 0.29) is 18.4 Å². The summed E-state index contributed by atoms with van der Waals surface area (Å²) in [4.78, 5) is 38.0. The number of hydrogen-bond donors (Lipinski definition) is 3. The molecule has 2 amide bonds. The number of nitrogens with zero attached hydrogens (tertiary/aromatic N) is 5. The van der Waals surface area contributed by atoms with Crippen LogP contribution in [0.3, 0.4) is 0 Å².